The summed E-state index contributed by atoms with van der Waals surface area (Å²) in [4.78, 5) is 13.5. The van der Waals surface area contributed by atoms with Crippen LogP contribution < -0.4 is 15.0 Å². The van der Waals surface area contributed by atoms with Crippen LogP contribution in [0.15, 0.2) is 42.7 Å². The van der Waals surface area contributed by atoms with E-state index in [4.69, 9.17) is 9.72 Å². The Kier molecular flexibility index (Phi) is 5.03. The number of hydrogen-bond donors (Lipinski definition) is 1. The molecule has 4 aromatic rings. The molecule has 1 N–H and O–H groups in total. The second-order valence-corrected chi connectivity index (χ2v) is 8.96. The number of piperazine rings is 1. The Morgan fingerprint density at radius 3 is 2.79 bits per heavy atom. The van der Waals surface area contributed by atoms with Crippen molar-refractivity contribution < 1.29 is 13.5 Å². The third kappa shape index (κ3) is 3.65. The lowest BCUT2D eigenvalue weighted by Crippen LogP contribution is -2.43. The van der Waals surface area contributed by atoms with E-state index in [1.54, 1.807) is 0 Å². The predicted molar refractivity (Wildman–Crippen MR) is 122 cm³/mol. The van der Waals surface area contributed by atoms with Gasteiger partial charge in [-0.05, 0) is 35.9 Å². The Hall–Kier alpha value is -3.37. The molecule has 0 unspecified atom stereocenters. The number of aromatic nitrogens is 4. The first-order valence-corrected chi connectivity index (χ1v) is 11.6. The van der Waals surface area contributed by atoms with Crippen molar-refractivity contribution in [2.45, 2.75) is 6.42 Å². The Labute approximate surface area is 192 Å². The number of pyridine rings is 1. The number of ether oxygens (including phenoxy) is 1. The largest absolute Gasteiger partial charge is 0.491 e. The summed E-state index contributed by atoms with van der Waals surface area (Å²) in [5.41, 5.74) is 2.07. The molecule has 0 bridgehead atoms. The zero-order valence-corrected chi connectivity index (χ0v) is 18.4. The summed E-state index contributed by atoms with van der Waals surface area (Å²) < 4.78 is 35.2. The third-order valence-electron chi connectivity index (χ3n) is 5.84. The van der Waals surface area contributed by atoms with E-state index in [1.807, 2.05) is 18.2 Å². The van der Waals surface area contributed by atoms with Crippen molar-refractivity contribution in [1.29, 1.82) is 0 Å². The molecule has 0 amide bonds. The quantitative estimate of drug-likeness (QED) is 0.497. The Morgan fingerprint density at radius 2 is 1.94 bits per heavy atom. The van der Waals surface area contributed by atoms with Crippen LogP contribution in [0, 0.1) is 11.6 Å². The second-order valence-electron chi connectivity index (χ2n) is 7.91. The lowest BCUT2D eigenvalue weighted by atomic mass is 10.1. The molecule has 6 rings (SSSR count). The van der Waals surface area contributed by atoms with Gasteiger partial charge < -0.3 is 15.0 Å². The molecule has 10 heteroatoms. The highest BCUT2D eigenvalue weighted by atomic mass is 32.1. The summed E-state index contributed by atoms with van der Waals surface area (Å²) in [5.74, 6) is 0.856. The molecular weight excluding hydrogens is 446 g/mol. The van der Waals surface area contributed by atoms with E-state index < -0.39 is 11.6 Å². The molecule has 3 aromatic heterocycles. The topological polar surface area (TPSA) is 68.1 Å². The van der Waals surface area contributed by atoms with Gasteiger partial charge in [0.1, 0.15) is 35.1 Å². The smallest absolute Gasteiger partial charge is 0.173 e. The minimum absolute atomic E-state index is 0.148. The zero-order valence-electron chi connectivity index (χ0n) is 17.6. The van der Waals surface area contributed by atoms with Gasteiger partial charge in [-0.25, -0.2) is 23.4 Å². The molecule has 2 aliphatic rings. The molecule has 7 nitrogen and oxygen atoms in total. The lowest BCUT2D eigenvalue weighted by Gasteiger charge is -2.28. The van der Waals surface area contributed by atoms with Gasteiger partial charge in [0.2, 0.25) is 0 Å². The van der Waals surface area contributed by atoms with Crippen molar-refractivity contribution >= 4 is 17.2 Å². The zero-order chi connectivity index (χ0) is 22.4. The molecule has 0 spiro atoms. The SMILES string of the molecule is Fc1ccc(-n2ncnc2-c2cc3c(s2)-c2nc(N4CCNCC4)ccc2OCC3)c(F)c1. The van der Waals surface area contributed by atoms with E-state index in [-0.39, 0.29) is 5.69 Å². The fourth-order valence-electron chi connectivity index (χ4n) is 4.22. The maximum atomic E-state index is 14.4. The molecule has 168 valence electrons. The van der Waals surface area contributed by atoms with Gasteiger partial charge in [-0.3, -0.25) is 0 Å². The van der Waals surface area contributed by atoms with E-state index in [0.29, 0.717) is 12.4 Å². The Balaban J connectivity index is 1.43. The maximum Gasteiger partial charge on any atom is 0.173 e. The molecule has 33 heavy (non-hydrogen) atoms. The molecule has 1 aromatic carbocycles. The average Bonchev–Trinajstić information content (AvgIpc) is 3.44. The first-order chi connectivity index (χ1) is 16.2. The number of halogens is 2. The molecular formula is C23H20F2N6OS. The monoisotopic (exact) mass is 466 g/mol. The normalized spacial score (nSPS) is 15.5. The molecule has 2 aliphatic heterocycles. The van der Waals surface area contributed by atoms with Crippen molar-refractivity contribution in [2.24, 2.45) is 0 Å². The minimum atomic E-state index is -0.694. The van der Waals surface area contributed by atoms with Gasteiger partial charge >= 0.3 is 0 Å². The highest BCUT2D eigenvalue weighted by Crippen LogP contribution is 2.43. The van der Waals surface area contributed by atoms with Gasteiger partial charge in [0, 0.05) is 38.7 Å². The second kappa shape index (κ2) is 8.20. The highest BCUT2D eigenvalue weighted by Gasteiger charge is 2.25. The van der Waals surface area contributed by atoms with Crippen LogP contribution in [-0.2, 0) is 6.42 Å². The molecule has 1 saturated heterocycles. The summed E-state index contributed by atoms with van der Waals surface area (Å²) >= 11 is 1.53. The van der Waals surface area contributed by atoms with Crippen molar-refractivity contribution in [1.82, 2.24) is 25.1 Å². The Bertz CT molecular complexity index is 1330. The fourth-order valence-corrected chi connectivity index (χ4v) is 5.41. The summed E-state index contributed by atoms with van der Waals surface area (Å²) in [6, 6.07) is 9.47. The first kappa shape index (κ1) is 20.3. The number of rotatable bonds is 3. The lowest BCUT2D eigenvalue weighted by molar-refractivity contribution is 0.325. The van der Waals surface area contributed by atoms with E-state index in [2.05, 4.69) is 20.3 Å². The summed E-state index contributed by atoms with van der Waals surface area (Å²) in [6.45, 7) is 4.21. The van der Waals surface area contributed by atoms with Crippen LogP contribution in [0.1, 0.15) is 5.56 Å². The minimum Gasteiger partial charge on any atom is -0.491 e. The van der Waals surface area contributed by atoms with Crippen molar-refractivity contribution in [2.75, 3.05) is 37.7 Å². The van der Waals surface area contributed by atoms with Crippen LogP contribution in [0.4, 0.5) is 14.6 Å². The van der Waals surface area contributed by atoms with Crippen molar-refractivity contribution in [3.05, 3.63) is 59.9 Å². The van der Waals surface area contributed by atoms with Gasteiger partial charge in [0.05, 0.1) is 16.4 Å². The number of fused-ring (bicyclic) bond motifs is 3. The average molecular weight is 467 g/mol. The van der Waals surface area contributed by atoms with E-state index in [1.165, 1.54) is 34.5 Å². The number of hydrogen-bond acceptors (Lipinski definition) is 7. The van der Waals surface area contributed by atoms with E-state index >= 15 is 0 Å². The van der Waals surface area contributed by atoms with E-state index in [0.717, 1.165) is 71.2 Å². The first-order valence-electron chi connectivity index (χ1n) is 10.8. The molecule has 5 heterocycles. The maximum absolute atomic E-state index is 14.4. The van der Waals surface area contributed by atoms with Crippen molar-refractivity contribution in [3.8, 4) is 32.7 Å². The summed E-state index contributed by atoms with van der Waals surface area (Å²) in [5, 5.41) is 7.56. The van der Waals surface area contributed by atoms with Gasteiger partial charge in [-0.1, -0.05) is 0 Å². The number of nitrogens with zero attached hydrogens (tertiary/aromatic N) is 5. The number of benzene rings is 1. The Morgan fingerprint density at radius 1 is 1.06 bits per heavy atom. The molecule has 0 aliphatic carbocycles. The number of anilines is 1. The van der Waals surface area contributed by atoms with Gasteiger partial charge in [-0.2, -0.15) is 5.10 Å². The van der Waals surface area contributed by atoms with Gasteiger partial charge in [0.25, 0.3) is 0 Å². The van der Waals surface area contributed by atoms with Gasteiger partial charge in [0.15, 0.2) is 11.6 Å². The molecule has 0 saturated carbocycles. The van der Waals surface area contributed by atoms with Crippen molar-refractivity contribution in [3.63, 3.8) is 0 Å². The van der Waals surface area contributed by atoms with Crippen LogP contribution in [0.2, 0.25) is 0 Å². The van der Waals surface area contributed by atoms with E-state index in [9.17, 15) is 8.78 Å². The number of thiophene rings is 1. The third-order valence-corrected chi connectivity index (χ3v) is 7.02. The van der Waals surface area contributed by atoms with Crippen LogP contribution >= 0.6 is 11.3 Å². The number of nitrogens with one attached hydrogen (secondary N) is 1. The fraction of sp³-hybridized carbons (Fsp3) is 0.261. The summed E-state index contributed by atoms with van der Waals surface area (Å²) in [6.07, 6.45) is 2.10. The van der Waals surface area contributed by atoms with Crippen LogP contribution in [0.3, 0.4) is 0 Å². The highest BCUT2D eigenvalue weighted by molar-refractivity contribution is 7.19. The molecule has 0 atom stereocenters. The van der Waals surface area contributed by atoms with Crippen LogP contribution in [-0.4, -0.2) is 52.5 Å². The standard InChI is InChI=1S/C23H20F2N6OS/c24-15-1-2-17(16(25)12-15)31-23(27-13-28-31)19-11-14-5-10-32-18-3-4-20(29-21(18)22(14)33-19)30-8-6-26-7-9-30/h1-4,11-13,26H,5-10H2. The molecule has 0 radical (unpaired) electrons. The summed E-state index contributed by atoms with van der Waals surface area (Å²) in [7, 11) is 0. The van der Waals surface area contributed by atoms with Gasteiger partial charge in [-0.15, -0.1) is 11.3 Å². The predicted octanol–water partition coefficient (Wildman–Crippen LogP) is 3.68. The van der Waals surface area contributed by atoms with Crippen LogP contribution in [0.5, 0.6) is 5.75 Å². The molecule has 1 fully saturated rings. The van der Waals surface area contributed by atoms with Crippen LogP contribution in [0.25, 0.3) is 27.0 Å².